The van der Waals surface area contributed by atoms with Crippen LogP contribution < -0.4 is 5.32 Å². The Morgan fingerprint density at radius 2 is 1.67 bits per heavy atom. The minimum atomic E-state index is -4.78. The fourth-order valence-electron chi connectivity index (χ4n) is 3.17. The number of halogens is 5. The van der Waals surface area contributed by atoms with E-state index in [2.05, 4.69) is 5.32 Å². The number of carbonyl (C=O) groups excluding carboxylic acids is 1. The van der Waals surface area contributed by atoms with E-state index in [0.717, 1.165) is 16.4 Å². The SMILES string of the molecule is O=C(Nc1ccc(F)cc1)C1CCN(S(=O)(=O)c2ccc(Cl)c(C(F)(F)F)c2)CC1. The molecule has 5 nitrogen and oxygen atoms in total. The zero-order valence-electron chi connectivity index (χ0n) is 15.4. The van der Waals surface area contributed by atoms with Crippen LogP contribution in [0.3, 0.4) is 0 Å². The van der Waals surface area contributed by atoms with Crippen LogP contribution in [0.4, 0.5) is 23.2 Å². The number of amides is 1. The number of hydrogen-bond acceptors (Lipinski definition) is 3. The Morgan fingerprint density at radius 3 is 2.23 bits per heavy atom. The topological polar surface area (TPSA) is 66.5 Å². The molecule has 0 radical (unpaired) electrons. The van der Waals surface area contributed by atoms with Crippen LogP contribution in [0.5, 0.6) is 0 Å². The van der Waals surface area contributed by atoms with Crippen molar-refractivity contribution in [1.82, 2.24) is 4.31 Å². The van der Waals surface area contributed by atoms with Crippen LogP contribution in [0.1, 0.15) is 18.4 Å². The van der Waals surface area contributed by atoms with Gasteiger partial charge in [0, 0.05) is 24.7 Å². The molecule has 162 valence electrons. The van der Waals surface area contributed by atoms with Gasteiger partial charge >= 0.3 is 6.18 Å². The number of sulfonamides is 1. The number of anilines is 1. The molecule has 0 atom stereocenters. The minimum Gasteiger partial charge on any atom is -0.326 e. The lowest BCUT2D eigenvalue weighted by atomic mass is 9.97. The summed E-state index contributed by atoms with van der Waals surface area (Å²) < 4.78 is 78.6. The molecule has 11 heteroatoms. The fourth-order valence-corrected chi connectivity index (χ4v) is 4.89. The third-order valence-corrected chi connectivity index (χ3v) is 7.04. The number of nitrogens with one attached hydrogen (secondary N) is 1. The lowest BCUT2D eigenvalue weighted by Gasteiger charge is -2.30. The highest BCUT2D eigenvalue weighted by atomic mass is 35.5. The molecule has 1 N–H and O–H groups in total. The molecule has 0 spiro atoms. The van der Waals surface area contributed by atoms with E-state index in [0.29, 0.717) is 11.8 Å². The summed E-state index contributed by atoms with van der Waals surface area (Å²) in [5, 5.41) is 2.06. The molecule has 1 aliphatic heterocycles. The van der Waals surface area contributed by atoms with Crippen LogP contribution in [0.2, 0.25) is 5.02 Å². The van der Waals surface area contributed by atoms with E-state index in [4.69, 9.17) is 11.6 Å². The second kappa shape index (κ2) is 8.52. The van der Waals surface area contributed by atoms with Gasteiger partial charge in [0.2, 0.25) is 15.9 Å². The Bertz CT molecular complexity index is 1030. The third kappa shape index (κ3) is 4.93. The van der Waals surface area contributed by atoms with Crippen molar-refractivity contribution < 1.29 is 30.8 Å². The van der Waals surface area contributed by atoms with Gasteiger partial charge in [-0.2, -0.15) is 17.5 Å². The summed E-state index contributed by atoms with van der Waals surface area (Å²) in [5.41, 5.74) is -0.809. The molecule has 0 saturated carbocycles. The maximum absolute atomic E-state index is 13.0. The first-order valence-corrected chi connectivity index (χ1v) is 10.7. The van der Waals surface area contributed by atoms with E-state index in [1.165, 1.54) is 24.3 Å². The first-order chi connectivity index (χ1) is 14.0. The molecule has 0 aliphatic carbocycles. The van der Waals surface area contributed by atoms with Gasteiger partial charge in [-0.15, -0.1) is 0 Å². The van der Waals surface area contributed by atoms with Crippen LogP contribution in [0.25, 0.3) is 0 Å². The second-order valence-electron chi connectivity index (χ2n) is 6.81. The first-order valence-electron chi connectivity index (χ1n) is 8.92. The molecule has 3 rings (SSSR count). The van der Waals surface area contributed by atoms with Gasteiger partial charge in [-0.25, -0.2) is 12.8 Å². The third-order valence-electron chi connectivity index (χ3n) is 4.82. The summed E-state index contributed by atoms with van der Waals surface area (Å²) in [5.74, 6) is -1.25. The van der Waals surface area contributed by atoms with Gasteiger partial charge < -0.3 is 5.32 Å². The van der Waals surface area contributed by atoms with Crippen molar-refractivity contribution >= 4 is 33.2 Å². The normalized spacial score (nSPS) is 16.4. The molecule has 1 saturated heterocycles. The van der Waals surface area contributed by atoms with Crippen molar-refractivity contribution in [2.24, 2.45) is 5.92 Å². The Kier molecular flexibility index (Phi) is 6.40. The van der Waals surface area contributed by atoms with Gasteiger partial charge in [0.25, 0.3) is 0 Å². The molecule has 1 heterocycles. The number of hydrogen-bond donors (Lipinski definition) is 1. The van der Waals surface area contributed by atoms with Crippen LogP contribution in [0, 0.1) is 11.7 Å². The number of alkyl halides is 3. The Labute approximate surface area is 175 Å². The van der Waals surface area contributed by atoms with Crippen molar-refractivity contribution in [2.75, 3.05) is 18.4 Å². The molecule has 0 unspecified atom stereocenters. The summed E-state index contributed by atoms with van der Waals surface area (Å²) in [4.78, 5) is 11.9. The Balaban J connectivity index is 1.68. The molecule has 1 fully saturated rings. The molecule has 1 aliphatic rings. The Morgan fingerprint density at radius 1 is 1.07 bits per heavy atom. The standard InChI is InChI=1S/C19H17ClF4N2O3S/c20-17-6-5-15(11-16(17)19(22,23)24)30(28,29)26-9-7-12(8-10-26)18(27)25-14-3-1-13(21)2-4-14/h1-6,11-12H,7-10H2,(H,25,27). The average molecular weight is 465 g/mol. The first kappa shape index (κ1) is 22.5. The van der Waals surface area contributed by atoms with Crippen molar-refractivity contribution in [2.45, 2.75) is 23.9 Å². The van der Waals surface area contributed by atoms with E-state index in [1.807, 2.05) is 0 Å². The van der Waals surface area contributed by atoms with Crippen molar-refractivity contribution in [1.29, 1.82) is 0 Å². The summed E-state index contributed by atoms with van der Waals surface area (Å²) >= 11 is 5.55. The highest BCUT2D eigenvalue weighted by molar-refractivity contribution is 7.89. The molecular formula is C19H17ClF4N2O3S. The van der Waals surface area contributed by atoms with Crippen LogP contribution in [0.15, 0.2) is 47.4 Å². The zero-order valence-corrected chi connectivity index (χ0v) is 17.0. The maximum Gasteiger partial charge on any atom is 0.417 e. The fraction of sp³-hybridized carbons (Fsp3) is 0.316. The predicted octanol–water partition coefficient (Wildman–Crippen LogP) is 4.54. The number of benzene rings is 2. The van der Waals surface area contributed by atoms with Gasteiger partial charge in [-0.3, -0.25) is 4.79 Å². The van der Waals surface area contributed by atoms with Crippen LogP contribution in [-0.2, 0) is 21.0 Å². The molecule has 2 aromatic carbocycles. The number of carbonyl (C=O) groups is 1. The lowest BCUT2D eigenvalue weighted by Crippen LogP contribution is -2.41. The van der Waals surface area contributed by atoms with Crippen molar-refractivity contribution in [3.05, 3.63) is 58.9 Å². The summed E-state index contributed by atoms with van der Waals surface area (Å²) in [6, 6.07) is 7.67. The number of nitrogens with zero attached hydrogens (tertiary/aromatic N) is 1. The Hall–Kier alpha value is -2.17. The van der Waals surface area contributed by atoms with Gasteiger partial charge in [0.1, 0.15) is 5.82 Å². The van der Waals surface area contributed by atoms with Crippen molar-refractivity contribution in [3.63, 3.8) is 0 Å². The van der Waals surface area contributed by atoms with E-state index >= 15 is 0 Å². The largest absolute Gasteiger partial charge is 0.417 e. The summed E-state index contributed by atoms with van der Waals surface area (Å²) in [6.45, 7) is -0.0400. The maximum atomic E-state index is 13.0. The molecule has 0 bridgehead atoms. The quantitative estimate of drug-likeness (QED) is 0.676. The smallest absolute Gasteiger partial charge is 0.326 e. The van der Waals surface area contributed by atoms with Crippen molar-refractivity contribution in [3.8, 4) is 0 Å². The average Bonchev–Trinajstić information content (AvgIpc) is 2.69. The van der Waals surface area contributed by atoms with Crippen LogP contribution >= 0.6 is 11.6 Å². The van der Waals surface area contributed by atoms with E-state index in [9.17, 15) is 30.8 Å². The minimum absolute atomic E-state index is 0.0200. The zero-order chi connectivity index (χ0) is 22.1. The van der Waals surface area contributed by atoms with E-state index in [1.54, 1.807) is 0 Å². The highest BCUT2D eigenvalue weighted by Crippen LogP contribution is 2.36. The van der Waals surface area contributed by atoms with Gasteiger partial charge in [0.15, 0.2) is 0 Å². The molecule has 1 amide bonds. The van der Waals surface area contributed by atoms with Gasteiger partial charge in [0.05, 0.1) is 15.5 Å². The predicted molar refractivity (Wildman–Crippen MR) is 103 cm³/mol. The molecule has 2 aromatic rings. The molecular weight excluding hydrogens is 448 g/mol. The lowest BCUT2D eigenvalue weighted by molar-refractivity contribution is -0.137. The summed E-state index contributed by atoms with van der Waals surface area (Å²) in [6.07, 6.45) is -4.38. The second-order valence-corrected chi connectivity index (χ2v) is 9.16. The van der Waals surface area contributed by atoms with E-state index in [-0.39, 0.29) is 31.8 Å². The van der Waals surface area contributed by atoms with Crippen LogP contribution in [-0.4, -0.2) is 31.7 Å². The molecule has 0 aromatic heterocycles. The van der Waals surface area contributed by atoms with E-state index < -0.39 is 43.4 Å². The monoisotopic (exact) mass is 464 g/mol. The molecule has 30 heavy (non-hydrogen) atoms. The highest BCUT2D eigenvalue weighted by Gasteiger charge is 2.37. The number of piperidine rings is 1. The number of rotatable bonds is 4. The van der Waals surface area contributed by atoms with Gasteiger partial charge in [-0.1, -0.05) is 11.6 Å². The van der Waals surface area contributed by atoms with Gasteiger partial charge in [-0.05, 0) is 55.3 Å². The summed E-state index contributed by atoms with van der Waals surface area (Å²) in [7, 11) is -4.17.